The molecule has 0 atom stereocenters. The van der Waals surface area contributed by atoms with Gasteiger partial charge < -0.3 is 4.74 Å². The topological polar surface area (TPSA) is 29.5 Å². The van der Waals surface area contributed by atoms with Crippen molar-refractivity contribution < 1.29 is 9.53 Å². The van der Waals surface area contributed by atoms with E-state index in [1.54, 1.807) is 0 Å². The zero-order chi connectivity index (χ0) is 10.7. The molecule has 0 radical (unpaired) electrons. The molecule has 0 bridgehead atoms. The minimum atomic E-state index is -0.349. The first-order valence-corrected chi connectivity index (χ1v) is 5.63. The van der Waals surface area contributed by atoms with Crippen molar-refractivity contribution in [2.45, 2.75) is 31.2 Å². The average molecular weight is 207 g/mol. The summed E-state index contributed by atoms with van der Waals surface area (Å²) in [6.07, 6.45) is 9.37. The van der Waals surface area contributed by atoms with E-state index in [4.69, 9.17) is 11.2 Å². The molecule has 1 aliphatic carbocycles. The lowest BCUT2D eigenvalue weighted by atomic mass is 9.89. The normalized spacial score (nSPS) is 26.1. The highest BCUT2D eigenvalue weighted by molar-refractivity contribution is 6.02. The smallest absolute Gasteiger partial charge is 0.225 e. The van der Waals surface area contributed by atoms with Gasteiger partial charge in [-0.3, -0.25) is 9.69 Å². The fraction of sp³-hybridized carbons (Fsp3) is 0.750. The van der Waals surface area contributed by atoms with Crippen molar-refractivity contribution in [2.75, 3.05) is 26.3 Å². The van der Waals surface area contributed by atoms with Crippen molar-refractivity contribution in [2.24, 2.45) is 0 Å². The van der Waals surface area contributed by atoms with E-state index < -0.39 is 0 Å². The first-order valence-electron chi connectivity index (χ1n) is 5.63. The van der Waals surface area contributed by atoms with E-state index in [0.717, 1.165) is 52.0 Å². The van der Waals surface area contributed by atoms with Crippen LogP contribution < -0.4 is 0 Å². The molecular weight excluding hydrogens is 190 g/mol. The predicted molar refractivity (Wildman–Crippen MR) is 57.4 cm³/mol. The molecule has 0 spiro atoms. The lowest BCUT2D eigenvalue weighted by Gasteiger charge is -2.40. The molecular formula is C12H17NO2. The molecule has 0 N–H and O–H groups in total. The molecule has 0 aromatic rings. The number of ketones is 1. The number of morpholine rings is 1. The van der Waals surface area contributed by atoms with E-state index in [2.05, 4.69) is 10.8 Å². The zero-order valence-corrected chi connectivity index (χ0v) is 9.00. The van der Waals surface area contributed by atoms with Gasteiger partial charge in [0.15, 0.2) is 0 Å². The Kier molecular flexibility index (Phi) is 3.08. The van der Waals surface area contributed by atoms with Gasteiger partial charge in [0, 0.05) is 13.1 Å². The molecule has 0 unspecified atom stereocenters. The number of carbonyl (C=O) groups is 1. The molecule has 3 nitrogen and oxygen atoms in total. The molecule has 1 aliphatic heterocycles. The molecule has 15 heavy (non-hydrogen) atoms. The number of ether oxygens (including phenoxy) is 1. The fourth-order valence-corrected chi connectivity index (χ4v) is 2.77. The van der Waals surface area contributed by atoms with Gasteiger partial charge in [0.05, 0.1) is 18.8 Å². The van der Waals surface area contributed by atoms with Crippen LogP contribution in [0, 0.1) is 12.3 Å². The van der Waals surface area contributed by atoms with E-state index in [1.165, 1.54) is 0 Å². The largest absolute Gasteiger partial charge is 0.379 e. The summed E-state index contributed by atoms with van der Waals surface area (Å²) in [6, 6.07) is 0. The van der Waals surface area contributed by atoms with Crippen LogP contribution in [0.4, 0.5) is 0 Å². The van der Waals surface area contributed by atoms with Crippen LogP contribution in [0.5, 0.6) is 0 Å². The SMILES string of the molecule is C#CC(=O)C1(N2CCOCC2)CCCC1. The quantitative estimate of drug-likeness (QED) is 0.496. The first-order chi connectivity index (χ1) is 7.29. The molecule has 1 heterocycles. The molecule has 2 aliphatic rings. The van der Waals surface area contributed by atoms with Crippen LogP contribution in [0.15, 0.2) is 0 Å². The van der Waals surface area contributed by atoms with Crippen molar-refractivity contribution in [3.8, 4) is 12.3 Å². The molecule has 0 aromatic carbocycles. The van der Waals surface area contributed by atoms with E-state index >= 15 is 0 Å². The van der Waals surface area contributed by atoms with Gasteiger partial charge in [-0.2, -0.15) is 0 Å². The molecule has 1 saturated carbocycles. The Morgan fingerprint density at radius 3 is 2.40 bits per heavy atom. The van der Waals surface area contributed by atoms with E-state index in [0.29, 0.717) is 0 Å². The van der Waals surface area contributed by atoms with E-state index in [-0.39, 0.29) is 11.3 Å². The molecule has 2 rings (SSSR count). The minimum Gasteiger partial charge on any atom is -0.379 e. The van der Waals surface area contributed by atoms with Crippen LogP contribution >= 0.6 is 0 Å². The van der Waals surface area contributed by atoms with Crippen LogP contribution in [-0.2, 0) is 9.53 Å². The van der Waals surface area contributed by atoms with Crippen LogP contribution in [-0.4, -0.2) is 42.5 Å². The van der Waals surface area contributed by atoms with Crippen molar-refractivity contribution >= 4 is 5.78 Å². The predicted octanol–water partition coefficient (Wildman–Crippen LogP) is 0.834. The summed E-state index contributed by atoms with van der Waals surface area (Å²) < 4.78 is 5.31. The Bertz CT molecular complexity index is 280. The van der Waals surface area contributed by atoms with Gasteiger partial charge >= 0.3 is 0 Å². The summed E-state index contributed by atoms with van der Waals surface area (Å²) in [7, 11) is 0. The average Bonchev–Trinajstić information content (AvgIpc) is 2.79. The molecule has 3 heteroatoms. The van der Waals surface area contributed by atoms with Gasteiger partial charge in [0.1, 0.15) is 0 Å². The lowest BCUT2D eigenvalue weighted by Crippen LogP contribution is -2.56. The van der Waals surface area contributed by atoms with Crippen molar-refractivity contribution in [3.05, 3.63) is 0 Å². The zero-order valence-electron chi connectivity index (χ0n) is 9.00. The highest BCUT2D eigenvalue weighted by Crippen LogP contribution is 2.36. The van der Waals surface area contributed by atoms with Gasteiger partial charge in [0.2, 0.25) is 5.78 Å². The standard InChI is InChI=1S/C12H17NO2/c1-2-11(14)12(5-3-4-6-12)13-7-9-15-10-8-13/h1H,3-10H2. The molecule has 2 fully saturated rings. The van der Waals surface area contributed by atoms with E-state index in [9.17, 15) is 4.79 Å². The number of carbonyl (C=O) groups excluding carboxylic acids is 1. The molecule has 0 aromatic heterocycles. The van der Waals surface area contributed by atoms with Crippen molar-refractivity contribution in [1.29, 1.82) is 0 Å². The Morgan fingerprint density at radius 1 is 1.27 bits per heavy atom. The third-order valence-electron chi connectivity index (χ3n) is 3.60. The number of hydrogen-bond donors (Lipinski definition) is 0. The highest BCUT2D eigenvalue weighted by Gasteiger charge is 2.45. The summed E-state index contributed by atoms with van der Waals surface area (Å²) in [4.78, 5) is 14.2. The summed E-state index contributed by atoms with van der Waals surface area (Å²) >= 11 is 0. The second-order valence-corrected chi connectivity index (χ2v) is 4.31. The maximum absolute atomic E-state index is 11.9. The van der Waals surface area contributed by atoms with Gasteiger partial charge in [-0.25, -0.2) is 0 Å². The van der Waals surface area contributed by atoms with Gasteiger partial charge in [0.25, 0.3) is 0 Å². The Hall–Kier alpha value is -0.850. The summed E-state index contributed by atoms with van der Waals surface area (Å²) in [6.45, 7) is 3.13. The Labute approximate surface area is 90.8 Å². The highest BCUT2D eigenvalue weighted by atomic mass is 16.5. The summed E-state index contributed by atoms with van der Waals surface area (Å²) in [5, 5.41) is 0. The third-order valence-corrected chi connectivity index (χ3v) is 3.60. The van der Waals surface area contributed by atoms with Gasteiger partial charge in [-0.15, -0.1) is 6.42 Å². The number of nitrogens with zero attached hydrogens (tertiary/aromatic N) is 1. The van der Waals surface area contributed by atoms with Crippen LogP contribution in [0.3, 0.4) is 0 Å². The number of rotatable bonds is 2. The summed E-state index contributed by atoms with van der Waals surface area (Å²) in [5.41, 5.74) is -0.349. The Balaban J connectivity index is 2.18. The number of Topliss-reactive ketones (excluding diaryl/α,β-unsaturated/α-hetero) is 1. The number of terminal acetylenes is 1. The minimum absolute atomic E-state index is 0.0260. The summed E-state index contributed by atoms with van der Waals surface area (Å²) in [5.74, 6) is 2.30. The van der Waals surface area contributed by atoms with Crippen LogP contribution in [0.1, 0.15) is 25.7 Å². The third kappa shape index (κ3) is 1.80. The first kappa shape index (κ1) is 10.7. The maximum Gasteiger partial charge on any atom is 0.225 e. The van der Waals surface area contributed by atoms with Gasteiger partial charge in [-0.05, 0) is 18.8 Å². The van der Waals surface area contributed by atoms with Crippen molar-refractivity contribution in [3.63, 3.8) is 0 Å². The second kappa shape index (κ2) is 4.34. The van der Waals surface area contributed by atoms with Crippen molar-refractivity contribution in [1.82, 2.24) is 4.90 Å². The van der Waals surface area contributed by atoms with Crippen LogP contribution in [0.2, 0.25) is 0 Å². The monoisotopic (exact) mass is 207 g/mol. The lowest BCUT2D eigenvalue weighted by molar-refractivity contribution is -0.128. The number of hydrogen-bond acceptors (Lipinski definition) is 3. The van der Waals surface area contributed by atoms with Gasteiger partial charge in [-0.1, -0.05) is 12.8 Å². The van der Waals surface area contributed by atoms with Crippen LogP contribution in [0.25, 0.3) is 0 Å². The Morgan fingerprint density at radius 2 is 1.87 bits per heavy atom. The molecule has 1 saturated heterocycles. The maximum atomic E-state index is 11.9. The molecule has 0 amide bonds. The fourth-order valence-electron chi connectivity index (χ4n) is 2.77. The second-order valence-electron chi connectivity index (χ2n) is 4.31. The molecule has 82 valence electrons. The van der Waals surface area contributed by atoms with E-state index in [1.807, 2.05) is 0 Å².